The highest BCUT2D eigenvalue weighted by Crippen LogP contribution is 2.25. The first kappa shape index (κ1) is 12.0. The summed E-state index contributed by atoms with van der Waals surface area (Å²) in [4.78, 5) is 6.51. The van der Waals surface area contributed by atoms with Gasteiger partial charge in [0.15, 0.2) is 0 Å². The molecule has 1 saturated heterocycles. The van der Waals surface area contributed by atoms with Crippen molar-refractivity contribution in [1.82, 2.24) is 4.98 Å². The molecule has 1 aliphatic heterocycles. The Morgan fingerprint density at radius 2 is 2.18 bits per heavy atom. The molecule has 1 aromatic rings. The van der Waals surface area contributed by atoms with Crippen LogP contribution in [0.4, 0.5) is 17.3 Å². The summed E-state index contributed by atoms with van der Waals surface area (Å²) < 4.78 is 5.48. The van der Waals surface area contributed by atoms with E-state index < -0.39 is 0 Å². The molecule has 2 atom stereocenters. The van der Waals surface area contributed by atoms with Gasteiger partial charge < -0.3 is 21.1 Å². The van der Waals surface area contributed by atoms with Crippen molar-refractivity contribution in [2.24, 2.45) is 5.92 Å². The Balaban J connectivity index is 2.14. The molecule has 94 valence electrons. The lowest BCUT2D eigenvalue weighted by Crippen LogP contribution is -2.44. The van der Waals surface area contributed by atoms with Gasteiger partial charge in [0.1, 0.15) is 11.6 Å². The van der Waals surface area contributed by atoms with Crippen LogP contribution in [0.3, 0.4) is 0 Å². The molecule has 1 fully saturated rings. The number of nitrogens with zero attached hydrogens (tertiary/aromatic N) is 2. The van der Waals surface area contributed by atoms with Crippen molar-refractivity contribution in [1.29, 1.82) is 0 Å². The summed E-state index contributed by atoms with van der Waals surface area (Å²) in [5.41, 5.74) is 11.9. The Hall–Kier alpha value is -1.49. The van der Waals surface area contributed by atoms with Crippen molar-refractivity contribution < 1.29 is 4.74 Å². The molecule has 0 radical (unpaired) electrons. The smallest absolute Gasteiger partial charge is 0.149 e. The van der Waals surface area contributed by atoms with Gasteiger partial charge in [-0.3, -0.25) is 0 Å². The Kier molecular flexibility index (Phi) is 3.38. The maximum Gasteiger partial charge on any atom is 0.149 e. The maximum absolute atomic E-state index is 5.73. The second-order valence-electron chi connectivity index (χ2n) is 4.63. The second kappa shape index (κ2) is 4.79. The highest BCUT2D eigenvalue weighted by Gasteiger charge is 2.26. The highest BCUT2D eigenvalue weighted by molar-refractivity contribution is 5.62. The average molecular weight is 236 g/mol. The molecule has 0 spiro atoms. The normalized spacial score (nSPS) is 24.9. The zero-order valence-corrected chi connectivity index (χ0v) is 10.4. The molecule has 0 saturated carbocycles. The summed E-state index contributed by atoms with van der Waals surface area (Å²) in [7, 11) is 1.76. The predicted octanol–water partition coefficient (Wildman–Crippen LogP) is 1.11. The van der Waals surface area contributed by atoms with Gasteiger partial charge in [0.25, 0.3) is 0 Å². The van der Waals surface area contributed by atoms with Crippen molar-refractivity contribution in [3.63, 3.8) is 0 Å². The van der Waals surface area contributed by atoms with Crippen molar-refractivity contribution in [3.05, 3.63) is 12.1 Å². The number of hydrogen-bond donors (Lipinski definition) is 2. The van der Waals surface area contributed by atoms with Crippen LogP contribution in [0, 0.1) is 5.92 Å². The number of anilines is 3. The van der Waals surface area contributed by atoms with Crippen LogP contribution in [0.1, 0.15) is 13.3 Å². The summed E-state index contributed by atoms with van der Waals surface area (Å²) in [6, 6.07) is 3.71. The van der Waals surface area contributed by atoms with Gasteiger partial charge in [-0.2, -0.15) is 0 Å². The minimum atomic E-state index is 0.254. The van der Waals surface area contributed by atoms with E-state index in [4.69, 9.17) is 16.2 Å². The first-order valence-electron chi connectivity index (χ1n) is 5.91. The molecule has 0 aliphatic carbocycles. The van der Waals surface area contributed by atoms with Gasteiger partial charge in [-0.1, -0.05) is 6.92 Å². The minimum Gasteiger partial charge on any atom is -0.396 e. The maximum atomic E-state index is 5.73. The number of nitrogen functional groups attached to an aromatic ring is 2. The van der Waals surface area contributed by atoms with Crippen molar-refractivity contribution in [3.8, 4) is 0 Å². The number of ether oxygens (including phenoxy) is 1. The minimum absolute atomic E-state index is 0.254. The van der Waals surface area contributed by atoms with Gasteiger partial charge in [0.05, 0.1) is 11.8 Å². The fraction of sp³-hybridized carbons (Fsp3) is 0.583. The number of aromatic nitrogens is 1. The van der Waals surface area contributed by atoms with Crippen molar-refractivity contribution in [2.75, 3.05) is 36.6 Å². The molecule has 2 heterocycles. The van der Waals surface area contributed by atoms with Gasteiger partial charge in [0.2, 0.25) is 0 Å². The van der Waals surface area contributed by atoms with E-state index in [9.17, 15) is 0 Å². The lowest BCUT2D eigenvalue weighted by Gasteiger charge is -2.37. The third kappa shape index (κ3) is 2.44. The molecule has 2 unspecified atom stereocenters. The fourth-order valence-corrected chi connectivity index (χ4v) is 2.20. The van der Waals surface area contributed by atoms with Crippen LogP contribution >= 0.6 is 0 Å². The molecule has 0 amide bonds. The van der Waals surface area contributed by atoms with E-state index in [1.807, 2.05) is 6.07 Å². The predicted molar refractivity (Wildman–Crippen MR) is 69.9 cm³/mol. The van der Waals surface area contributed by atoms with Gasteiger partial charge >= 0.3 is 0 Å². The van der Waals surface area contributed by atoms with E-state index in [-0.39, 0.29) is 6.10 Å². The molecular formula is C12H20N4O. The van der Waals surface area contributed by atoms with E-state index >= 15 is 0 Å². The van der Waals surface area contributed by atoms with E-state index in [1.54, 1.807) is 13.2 Å². The average Bonchev–Trinajstić information content (AvgIpc) is 2.33. The van der Waals surface area contributed by atoms with Gasteiger partial charge in [-0.15, -0.1) is 0 Å². The van der Waals surface area contributed by atoms with Crippen LogP contribution in [0.5, 0.6) is 0 Å². The lowest BCUT2D eigenvalue weighted by molar-refractivity contribution is 0.0496. The summed E-state index contributed by atoms with van der Waals surface area (Å²) in [6.45, 7) is 4.06. The third-order valence-electron chi connectivity index (χ3n) is 3.46. The fourth-order valence-electron chi connectivity index (χ4n) is 2.20. The molecule has 5 heteroatoms. The zero-order valence-electron chi connectivity index (χ0n) is 10.4. The van der Waals surface area contributed by atoms with Crippen LogP contribution < -0.4 is 16.4 Å². The summed E-state index contributed by atoms with van der Waals surface area (Å²) in [5.74, 6) is 1.86. The first-order chi connectivity index (χ1) is 8.11. The van der Waals surface area contributed by atoms with Crippen molar-refractivity contribution in [2.45, 2.75) is 19.4 Å². The number of methoxy groups -OCH3 is 1. The highest BCUT2D eigenvalue weighted by atomic mass is 16.5. The quantitative estimate of drug-likeness (QED) is 0.804. The SMILES string of the molecule is COC1CN(c2ccc(N)c(N)n2)CCC1C. The number of hydrogen-bond acceptors (Lipinski definition) is 5. The monoisotopic (exact) mass is 236 g/mol. The Morgan fingerprint density at radius 1 is 1.41 bits per heavy atom. The molecule has 5 nitrogen and oxygen atoms in total. The standard InChI is InChI=1S/C12H20N4O/c1-8-5-6-16(7-10(8)17-2)11-4-3-9(13)12(14)15-11/h3-4,8,10H,5-7,13H2,1-2H3,(H2,14,15). The zero-order chi connectivity index (χ0) is 12.4. The molecule has 2 rings (SSSR count). The van der Waals surface area contributed by atoms with Gasteiger partial charge in [-0.05, 0) is 24.5 Å². The molecule has 1 aromatic heterocycles. The lowest BCUT2D eigenvalue weighted by atomic mass is 9.96. The van der Waals surface area contributed by atoms with Crippen LogP contribution in [0.25, 0.3) is 0 Å². The summed E-state index contributed by atoms with van der Waals surface area (Å²) in [6.07, 6.45) is 1.36. The number of piperidine rings is 1. The third-order valence-corrected chi connectivity index (χ3v) is 3.46. The number of nitrogens with two attached hydrogens (primary N) is 2. The van der Waals surface area contributed by atoms with Crippen LogP contribution in [0.15, 0.2) is 12.1 Å². The van der Waals surface area contributed by atoms with E-state index in [1.165, 1.54) is 0 Å². The van der Waals surface area contributed by atoms with Crippen molar-refractivity contribution >= 4 is 17.3 Å². The Morgan fingerprint density at radius 3 is 2.82 bits per heavy atom. The molecule has 0 bridgehead atoms. The molecule has 17 heavy (non-hydrogen) atoms. The van der Waals surface area contributed by atoms with Crippen LogP contribution in [-0.4, -0.2) is 31.3 Å². The van der Waals surface area contributed by atoms with Crippen LogP contribution in [0.2, 0.25) is 0 Å². The summed E-state index contributed by atoms with van der Waals surface area (Å²) in [5, 5.41) is 0. The largest absolute Gasteiger partial charge is 0.396 e. The molecular weight excluding hydrogens is 216 g/mol. The van der Waals surface area contributed by atoms with E-state index in [0.29, 0.717) is 17.4 Å². The van der Waals surface area contributed by atoms with Gasteiger partial charge in [0, 0.05) is 20.2 Å². The Bertz CT molecular complexity index is 396. The van der Waals surface area contributed by atoms with E-state index in [0.717, 1.165) is 25.3 Å². The van der Waals surface area contributed by atoms with E-state index in [2.05, 4.69) is 16.8 Å². The first-order valence-corrected chi connectivity index (χ1v) is 5.91. The van der Waals surface area contributed by atoms with Gasteiger partial charge in [-0.25, -0.2) is 4.98 Å². The molecule has 4 N–H and O–H groups in total. The van der Waals surface area contributed by atoms with Crippen LogP contribution in [-0.2, 0) is 4.74 Å². The Labute approximate surface area is 102 Å². The summed E-state index contributed by atoms with van der Waals surface area (Å²) >= 11 is 0. The second-order valence-corrected chi connectivity index (χ2v) is 4.63. The number of pyridine rings is 1. The number of rotatable bonds is 2. The topological polar surface area (TPSA) is 77.4 Å². The molecule has 1 aliphatic rings. The molecule has 0 aromatic carbocycles.